The van der Waals surface area contributed by atoms with E-state index in [1.54, 1.807) is 37.1 Å². The van der Waals surface area contributed by atoms with Crippen LogP contribution in [0, 0.1) is 42.0 Å². The molecule has 0 aromatic heterocycles. The molecule has 0 fully saturated rings. The van der Waals surface area contributed by atoms with Crippen molar-refractivity contribution in [2.75, 3.05) is 17.7 Å². The fourth-order valence-corrected chi connectivity index (χ4v) is 6.95. The van der Waals surface area contributed by atoms with Crippen LogP contribution in [0.1, 0.15) is 11.1 Å². The van der Waals surface area contributed by atoms with Crippen molar-refractivity contribution >= 4 is 52.0 Å². The van der Waals surface area contributed by atoms with Gasteiger partial charge in [0.05, 0.1) is 45.4 Å². The number of phenols is 2. The van der Waals surface area contributed by atoms with Gasteiger partial charge in [0.25, 0.3) is 17.1 Å². The topological polar surface area (TPSA) is 203 Å². The van der Waals surface area contributed by atoms with Crippen LogP contribution in [-0.2, 0) is 13.1 Å². The van der Waals surface area contributed by atoms with E-state index in [0.717, 1.165) is 48.6 Å². The molecule has 4 N–H and O–H groups in total. The van der Waals surface area contributed by atoms with Gasteiger partial charge in [-0.25, -0.2) is 8.78 Å². The largest absolute Gasteiger partial charge is 0.503 e. The van der Waals surface area contributed by atoms with E-state index in [1.807, 2.05) is 66.7 Å². The second kappa shape index (κ2) is 19.1. The third-order valence-electron chi connectivity index (χ3n) is 7.96. The smallest absolute Gasteiger partial charge is 0.274 e. The molecular weight excluding hydrogens is 785 g/mol. The minimum absolute atomic E-state index is 0.00697. The number of nitrogens with one attached hydrogen (secondary N) is 2. The quantitative estimate of drug-likeness (QED) is 0.0460. The predicted molar refractivity (Wildman–Crippen MR) is 211 cm³/mol. The minimum Gasteiger partial charge on any atom is -0.503 e. The molecule has 0 radical (unpaired) electrons. The highest BCUT2D eigenvalue weighted by atomic mass is 32.2. The molecule has 0 bridgehead atoms. The molecule has 0 heterocycles. The van der Waals surface area contributed by atoms with Crippen LogP contribution >= 0.6 is 23.5 Å². The zero-order valence-electron chi connectivity index (χ0n) is 29.6. The van der Waals surface area contributed by atoms with Crippen molar-refractivity contribution < 1.29 is 38.5 Å². The molecule has 18 heteroatoms. The average molecular weight is 816 g/mol. The summed E-state index contributed by atoms with van der Waals surface area (Å²) >= 11 is 2.92. The average Bonchev–Trinajstić information content (AvgIpc) is 3.20. The van der Waals surface area contributed by atoms with E-state index in [9.17, 15) is 49.3 Å². The molecule has 0 spiro atoms. The third-order valence-corrected chi connectivity index (χ3v) is 10.2. The maximum Gasteiger partial charge on any atom is 0.274 e. The first-order valence-corrected chi connectivity index (χ1v) is 18.2. The summed E-state index contributed by atoms with van der Waals surface area (Å²) in [5.74, 6) is -2.71. The second-order valence-corrected chi connectivity index (χ2v) is 13.9. The Bertz CT molecular complexity index is 2410. The van der Waals surface area contributed by atoms with Gasteiger partial charge in [-0.1, -0.05) is 59.9 Å². The number of nitrogens with zero attached hydrogens (tertiary/aromatic N) is 3. The Morgan fingerprint density at radius 2 is 0.965 bits per heavy atom. The van der Waals surface area contributed by atoms with Crippen LogP contribution < -0.4 is 15.4 Å². The van der Waals surface area contributed by atoms with Gasteiger partial charge in [0, 0.05) is 56.9 Å². The van der Waals surface area contributed by atoms with Gasteiger partial charge in [0.2, 0.25) is 0 Å². The SMILES string of the molecule is COc1ccc(Sc2ccccc2CNc2cc([N+](=O)[O-])cc(F)c2O)cc1.O=[N+]([O-])c1ccc(Sc2ccccc2CNc2cc([N+](=O)[O-])cc(F)c2O)cc1. The molecule has 292 valence electrons. The molecule has 6 rings (SSSR count). The lowest BCUT2D eigenvalue weighted by Gasteiger charge is -2.13. The fourth-order valence-electron chi connectivity index (χ4n) is 5.06. The minimum atomic E-state index is -1.09. The molecule has 0 saturated carbocycles. The van der Waals surface area contributed by atoms with Crippen molar-refractivity contribution in [1.82, 2.24) is 0 Å². The van der Waals surface area contributed by atoms with E-state index in [4.69, 9.17) is 4.74 Å². The summed E-state index contributed by atoms with van der Waals surface area (Å²) in [6.45, 7) is 0.428. The Kier molecular flexibility index (Phi) is 13.8. The molecule has 0 aliphatic rings. The summed E-state index contributed by atoms with van der Waals surface area (Å²) in [6, 6.07) is 32.1. The molecule has 0 saturated heterocycles. The number of halogens is 2. The maximum atomic E-state index is 13.7. The molecule has 0 aliphatic carbocycles. The molecule has 0 amide bonds. The van der Waals surface area contributed by atoms with Gasteiger partial charge in [-0.2, -0.15) is 0 Å². The van der Waals surface area contributed by atoms with E-state index < -0.39 is 49.3 Å². The molecule has 14 nitrogen and oxygen atoms in total. The van der Waals surface area contributed by atoms with Crippen LogP contribution in [0.25, 0.3) is 0 Å². The Balaban J connectivity index is 0.000000218. The van der Waals surface area contributed by atoms with Crippen molar-refractivity contribution in [3.8, 4) is 17.2 Å². The Hall–Kier alpha value is -6.92. The number of aromatic hydroxyl groups is 2. The highest BCUT2D eigenvalue weighted by Crippen LogP contribution is 2.36. The van der Waals surface area contributed by atoms with Crippen molar-refractivity contribution in [1.29, 1.82) is 0 Å². The number of nitro benzene ring substituents is 3. The number of methoxy groups -OCH3 is 1. The standard InChI is InChI=1S/C20H17FN2O4S.C19H14FN3O5S/c1-27-15-6-8-16(9-7-15)28-19-5-3-2-4-13(19)12-22-18-11-14(23(25)26)10-17(21)20(18)24;20-16-9-14(23(27)28)10-17(19(16)24)21-11-12-3-1-2-4-18(12)29-15-7-5-13(6-8-15)22(25)26/h2-11,22,24H,12H2,1H3;1-10,21,24H,11H2. The van der Waals surface area contributed by atoms with Crippen LogP contribution in [0.3, 0.4) is 0 Å². The van der Waals surface area contributed by atoms with Crippen LogP contribution in [-0.4, -0.2) is 32.1 Å². The van der Waals surface area contributed by atoms with Crippen LogP contribution in [0.2, 0.25) is 0 Å². The van der Waals surface area contributed by atoms with Gasteiger partial charge >= 0.3 is 0 Å². The summed E-state index contributed by atoms with van der Waals surface area (Å²) < 4.78 is 32.6. The predicted octanol–water partition coefficient (Wildman–Crippen LogP) is 10.3. The number of rotatable bonds is 14. The summed E-state index contributed by atoms with van der Waals surface area (Å²) in [5.41, 5.74) is 0.655. The maximum absolute atomic E-state index is 13.7. The monoisotopic (exact) mass is 815 g/mol. The number of non-ortho nitro benzene ring substituents is 3. The van der Waals surface area contributed by atoms with E-state index in [0.29, 0.717) is 12.1 Å². The Morgan fingerprint density at radius 1 is 0.579 bits per heavy atom. The van der Waals surface area contributed by atoms with Gasteiger partial charge in [-0.05, 0) is 59.7 Å². The van der Waals surface area contributed by atoms with Gasteiger partial charge in [0.1, 0.15) is 5.75 Å². The highest BCUT2D eigenvalue weighted by Gasteiger charge is 2.18. The molecule has 6 aromatic rings. The van der Waals surface area contributed by atoms with Crippen molar-refractivity contribution in [2.45, 2.75) is 32.7 Å². The Labute approximate surface area is 331 Å². The molecule has 6 aromatic carbocycles. The van der Waals surface area contributed by atoms with Gasteiger partial charge in [0.15, 0.2) is 23.1 Å². The molecule has 0 atom stereocenters. The van der Waals surface area contributed by atoms with Crippen LogP contribution in [0.5, 0.6) is 17.2 Å². The number of nitro groups is 3. The molecule has 0 unspecified atom stereocenters. The fraction of sp³-hybridized carbons (Fsp3) is 0.0769. The number of phenolic OH excluding ortho intramolecular Hbond substituents is 2. The summed E-state index contributed by atoms with van der Waals surface area (Å²) in [6.07, 6.45) is 0. The molecule has 0 aliphatic heterocycles. The van der Waals surface area contributed by atoms with Crippen molar-refractivity contribution in [3.05, 3.63) is 174 Å². The van der Waals surface area contributed by atoms with Gasteiger partial charge < -0.3 is 25.6 Å². The lowest BCUT2D eigenvalue weighted by molar-refractivity contribution is -0.385. The van der Waals surface area contributed by atoms with E-state index >= 15 is 0 Å². The van der Waals surface area contributed by atoms with E-state index in [-0.39, 0.29) is 30.2 Å². The number of ether oxygens (including phenoxy) is 1. The first-order valence-electron chi connectivity index (χ1n) is 16.5. The van der Waals surface area contributed by atoms with Gasteiger partial charge in [-0.3, -0.25) is 30.3 Å². The van der Waals surface area contributed by atoms with Gasteiger partial charge in [-0.15, -0.1) is 0 Å². The normalized spacial score (nSPS) is 10.5. The first kappa shape index (κ1) is 41.2. The zero-order chi connectivity index (χ0) is 41.1. The highest BCUT2D eigenvalue weighted by molar-refractivity contribution is 7.99. The summed E-state index contributed by atoms with van der Waals surface area (Å²) in [5, 5.41) is 58.0. The van der Waals surface area contributed by atoms with Crippen molar-refractivity contribution in [3.63, 3.8) is 0 Å². The van der Waals surface area contributed by atoms with Crippen LogP contribution in [0.4, 0.5) is 37.2 Å². The summed E-state index contributed by atoms with van der Waals surface area (Å²) in [4.78, 5) is 34.2. The number of benzene rings is 6. The number of anilines is 2. The van der Waals surface area contributed by atoms with Crippen LogP contribution in [0.15, 0.2) is 141 Å². The molecule has 57 heavy (non-hydrogen) atoms. The zero-order valence-corrected chi connectivity index (χ0v) is 31.3. The molecular formula is C39H31F2N5O9S2. The summed E-state index contributed by atoms with van der Waals surface area (Å²) in [7, 11) is 1.61. The Morgan fingerprint density at radius 3 is 1.35 bits per heavy atom. The van der Waals surface area contributed by atoms with E-state index in [1.165, 1.54) is 23.9 Å². The number of hydrogen-bond acceptors (Lipinski definition) is 13. The van der Waals surface area contributed by atoms with E-state index in [2.05, 4.69) is 10.6 Å². The second-order valence-electron chi connectivity index (χ2n) is 11.7. The lowest BCUT2D eigenvalue weighted by Crippen LogP contribution is -2.03. The van der Waals surface area contributed by atoms with Crippen molar-refractivity contribution in [2.24, 2.45) is 0 Å². The lowest BCUT2D eigenvalue weighted by atomic mass is 10.2. The number of hydrogen-bond donors (Lipinski definition) is 4. The third kappa shape index (κ3) is 11.1. The first-order chi connectivity index (χ1) is 27.3.